The molecule has 0 aliphatic heterocycles. The van der Waals surface area contributed by atoms with Gasteiger partial charge in [0, 0.05) is 10.6 Å². The van der Waals surface area contributed by atoms with Gasteiger partial charge in [0.05, 0.1) is 16.8 Å². The molecule has 32 heavy (non-hydrogen) atoms. The van der Waals surface area contributed by atoms with E-state index in [1.54, 1.807) is 26.8 Å². The maximum Gasteiger partial charge on any atom is 0.413 e. The standard InChI is InChI=1S/C19H19ClN2O3S.C4H10.C2H6/c1-19(2,3)25-18(24)22-17-21-16-14(12-5-4-6-13(20)9-12)7-11(10-23)8-15(16)26-17;1-4(2)3;1-2/h4-9,23H,10H2,1-3H3,(H,21,22,24);4H,1-3H3;1-2H3. The van der Waals surface area contributed by atoms with E-state index in [1.807, 2.05) is 44.2 Å². The summed E-state index contributed by atoms with van der Waals surface area (Å²) in [5, 5.41) is 13.3. The quantitative estimate of drug-likeness (QED) is 0.398. The molecule has 0 atom stereocenters. The van der Waals surface area contributed by atoms with E-state index in [4.69, 9.17) is 16.3 Å². The van der Waals surface area contributed by atoms with Gasteiger partial charge in [-0.1, -0.05) is 69.7 Å². The molecule has 0 bridgehead atoms. The fourth-order valence-corrected chi connectivity index (χ4v) is 3.63. The Labute approximate surface area is 200 Å². The van der Waals surface area contributed by atoms with Gasteiger partial charge in [-0.05, 0) is 62.1 Å². The Kier molecular flexibility index (Phi) is 11.1. The Morgan fingerprint density at radius 2 is 1.81 bits per heavy atom. The smallest absolute Gasteiger partial charge is 0.413 e. The lowest BCUT2D eigenvalue weighted by Crippen LogP contribution is -2.27. The van der Waals surface area contributed by atoms with Crippen molar-refractivity contribution in [3.8, 4) is 11.1 Å². The predicted octanol–water partition coefficient (Wildman–Crippen LogP) is 8.14. The average molecular weight is 479 g/mol. The molecule has 0 saturated carbocycles. The minimum Gasteiger partial charge on any atom is -0.444 e. The first-order chi connectivity index (χ1) is 15.0. The highest BCUT2D eigenvalue weighted by Crippen LogP contribution is 2.36. The average Bonchev–Trinajstić information content (AvgIpc) is 3.08. The first-order valence-corrected chi connectivity index (χ1v) is 12.0. The van der Waals surface area contributed by atoms with E-state index < -0.39 is 11.7 Å². The van der Waals surface area contributed by atoms with Crippen molar-refractivity contribution in [3.05, 3.63) is 47.0 Å². The number of aromatic nitrogens is 1. The molecule has 1 aromatic heterocycles. The van der Waals surface area contributed by atoms with E-state index in [9.17, 15) is 9.90 Å². The molecule has 0 radical (unpaired) electrons. The summed E-state index contributed by atoms with van der Waals surface area (Å²) in [6, 6.07) is 11.2. The van der Waals surface area contributed by atoms with Crippen LogP contribution in [0.5, 0.6) is 0 Å². The number of thiazole rings is 1. The molecule has 0 aliphatic carbocycles. The van der Waals surface area contributed by atoms with E-state index >= 15 is 0 Å². The predicted molar refractivity (Wildman–Crippen MR) is 138 cm³/mol. The largest absolute Gasteiger partial charge is 0.444 e. The first-order valence-electron chi connectivity index (χ1n) is 10.8. The van der Waals surface area contributed by atoms with Crippen molar-refractivity contribution < 1.29 is 14.6 Å². The van der Waals surface area contributed by atoms with Crippen molar-refractivity contribution in [2.45, 2.75) is 67.6 Å². The van der Waals surface area contributed by atoms with Crippen molar-refractivity contribution in [1.82, 2.24) is 4.98 Å². The van der Waals surface area contributed by atoms with E-state index in [1.165, 1.54) is 11.3 Å². The fraction of sp³-hybridized carbons (Fsp3) is 0.440. The summed E-state index contributed by atoms with van der Waals surface area (Å²) in [6.45, 7) is 15.8. The van der Waals surface area contributed by atoms with Crippen LogP contribution in [0.1, 0.15) is 61.0 Å². The number of carbonyl (C=O) groups excluding carboxylic acids is 1. The highest BCUT2D eigenvalue weighted by Gasteiger charge is 2.18. The molecular formula is C25H35ClN2O3S. The zero-order valence-corrected chi connectivity index (χ0v) is 21.8. The topological polar surface area (TPSA) is 71.5 Å². The number of hydrogen-bond acceptors (Lipinski definition) is 5. The van der Waals surface area contributed by atoms with E-state index in [-0.39, 0.29) is 6.61 Å². The molecule has 0 saturated heterocycles. The van der Waals surface area contributed by atoms with Gasteiger partial charge in [0.15, 0.2) is 5.13 Å². The summed E-state index contributed by atoms with van der Waals surface area (Å²) in [5.74, 6) is 0.833. The van der Waals surface area contributed by atoms with Gasteiger partial charge in [-0.2, -0.15) is 0 Å². The number of anilines is 1. The highest BCUT2D eigenvalue weighted by molar-refractivity contribution is 7.22. The van der Waals surface area contributed by atoms with E-state index in [0.29, 0.717) is 10.2 Å². The molecule has 1 amide bonds. The number of amides is 1. The summed E-state index contributed by atoms with van der Waals surface area (Å²) in [7, 11) is 0. The number of hydrogen-bond donors (Lipinski definition) is 2. The minimum absolute atomic E-state index is 0.0871. The third-order valence-electron chi connectivity index (χ3n) is 3.48. The third-order valence-corrected chi connectivity index (χ3v) is 4.63. The van der Waals surface area contributed by atoms with Gasteiger partial charge >= 0.3 is 6.09 Å². The molecule has 2 N–H and O–H groups in total. The van der Waals surface area contributed by atoms with Gasteiger partial charge in [0.1, 0.15) is 5.60 Å². The number of carbonyl (C=O) groups is 1. The SMILES string of the molecule is CC.CC(C)(C)OC(=O)Nc1nc2c(-c3cccc(Cl)c3)cc(CO)cc2s1.CC(C)C. The fourth-order valence-electron chi connectivity index (χ4n) is 2.50. The second-order valence-corrected chi connectivity index (χ2v) is 10.0. The number of nitrogens with one attached hydrogen (secondary N) is 1. The lowest BCUT2D eigenvalue weighted by Gasteiger charge is -2.18. The minimum atomic E-state index is -0.587. The highest BCUT2D eigenvalue weighted by atomic mass is 35.5. The third kappa shape index (κ3) is 9.15. The molecule has 0 spiro atoms. The van der Waals surface area contributed by atoms with Crippen LogP contribution in [0, 0.1) is 5.92 Å². The Morgan fingerprint density at radius 3 is 2.34 bits per heavy atom. The van der Waals surface area contributed by atoms with Gasteiger partial charge in [-0.3, -0.25) is 5.32 Å². The Balaban J connectivity index is 0.000000769. The van der Waals surface area contributed by atoms with Gasteiger partial charge in [-0.25, -0.2) is 9.78 Å². The van der Waals surface area contributed by atoms with Crippen LogP contribution in [0.3, 0.4) is 0 Å². The van der Waals surface area contributed by atoms with Crippen LogP contribution in [-0.4, -0.2) is 21.8 Å². The molecule has 0 fully saturated rings. The number of fused-ring (bicyclic) bond motifs is 1. The number of ether oxygens (including phenoxy) is 1. The number of aliphatic hydroxyl groups excluding tert-OH is 1. The normalized spacial score (nSPS) is 10.7. The molecular weight excluding hydrogens is 444 g/mol. The number of halogens is 1. The molecule has 3 rings (SSSR count). The van der Waals surface area contributed by atoms with Gasteiger partial charge in [0.2, 0.25) is 0 Å². The van der Waals surface area contributed by atoms with Crippen molar-refractivity contribution in [1.29, 1.82) is 0 Å². The summed E-state index contributed by atoms with van der Waals surface area (Å²) >= 11 is 7.44. The van der Waals surface area contributed by atoms with Crippen LogP contribution in [0.4, 0.5) is 9.93 Å². The van der Waals surface area contributed by atoms with E-state index in [0.717, 1.165) is 32.8 Å². The second-order valence-electron chi connectivity index (χ2n) is 8.54. The van der Waals surface area contributed by atoms with Crippen LogP contribution in [0.25, 0.3) is 21.3 Å². The van der Waals surface area contributed by atoms with Crippen molar-refractivity contribution in [2.24, 2.45) is 5.92 Å². The summed E-state index contributed by atoms with van der Waals surface area (Å²) in [6.07, 6.45) is -0.553. The van der Waals surface area contributed by atoms with Crippen LogP contribution < -0.4 is 5.32 Å². The van der Waals surface area contributed by atoms with E-state index in [2.05, 4.69) is 31.1 Å². The van der Waals surface area contributed by atoms with Gasteiger partial charge < -0.3 is 9.84 Å². The molecule has 0 aliphatic rings. The van der Waals surface area contributed by atoms with Crippen LogP contribution in [0.2, 0.25) is 5.02 Å². The molecule has 7 heteroatoms. The molecule has 2 aromatic carbocycles. The molecule has 0 unspecified atom stereocenters. The first kappa shape index (κ1) is 27.9. The summed E-state index contributed by atoms with van der Waals surface area (Å²) in [5.41, 5.74) is 2.66. The summed E-state index contributed by atoms with van der Waals surface area (Å²) in [4.78, 5) is 16.5. The van der Waals surface area contributed by atoms with Gasteiger partial charge in [-0.15, -0.1) is 0 Å². The zero-order chi connectivity index (χ0) is 24.5. The van der Waals surface area contributed by atoms with Crippen LogP contribution >= 0.6 is 22.9 Å². The number of nitrogens with zero attached hydrogens (tertiary/aromatic N) is 1. The number of rotatable bonds is 3. The van der Waals surface area contributed by atoms with Crippen LogP contribution in [0.15, 0.2) is 36.4 Å². The zero-order valence-electron chi connectivity index (χ0n) is 20.2. The number of aliphatic hydroxyl groups is 1. The lowest BCUT2D eigenvalue weighted by atomic mass is 10.0. The van der Waals surface area contributed by atoms with Gasteiger partial charge in [0.25, 0.3) is 0 Å². The molecule has 5 nitrogen and oxygen atoms in total. The molecule has 176 valence electrons. The maximum atomic E-state index is 12.0. The Bertz CT molecular complexity index is 1010. The Morgan fingerprint density at radius 1 is 1.19 bits per heavy atom. The monoisotopic (exact) mass is 478 g/mol. The van der Waals surface area contributed by atoms with Crippen molar-refractivity contribution >= 4 is 44.4 Å². The van der Waals surface area contributed by atoms with Crippen LogP contribution in [-0.2, 0) is 11.3 Å². The number of benzene rings is 2. The summed E-state index contributed by atoms with van der Waals surface area (Å²) < 4.78 is 6.13. The lowest BCUT2D eigenvalue weighted by molar-refractivity contribution is 0.0636. The maximum absolute atomic E-state index is 12.0. The molecule has 1 heterocycles. The second kappa shape index (κ2) is 12.8. The Hall–Kier alpha value is -2.15. The van der Waals surface area contributed by atoms with Crippen molar-refractivity contribution in [3.63, 3.8) is 0 Å². The van der Waals surface area contributed by atoms with Crippen molar-refractivity contribution in [2.75, 3.05) is 5.32 Å². The molecule has 3 aromatic rings.